The fraction of sp³-hybridized carbons (Fsp3) is 0.316. The first-order valence-electron chi connectivity index (χ1n) is 8.07. The molecule has 0 fully saturated rings. The van der Waals surface area contributed by atoms with Gasteiger partial charge in [0.1, 0.15) is 11.5 Å². The van der Waals surface area contributed by atoms with Crippen molar-refractivity contribution in [3.05, 3.63) is 59.7 Å². The number of carboxylic acid groups (broad SMARTS) is 1. The van der Waals surface area contributed by atoms with Gasteiger partial charge in [-0.05, 0) is 54.7 Å². The molecule has 0 aliphatic heterocycles. The molecule has 0 aromatic heterocycles. The number of aliphatic hydroxyl groups excluding tert-OH is 1. The number of rotatable bonds is 8. The van der Waals surface area contributed by atoms with Crippen molar-refractivity contribution in [1.82, 2.24) is 0 Å². The van der Waals surface area contributed by atoms with Crippen LogP contribution in [0.25, 0.3) is 0 Å². The third-order valence-electron chi connectivity index (χ3n) is 4.20. The quantitative estimate of drug-likeness (QED) is 0.496. The average Bonchev–Trinajstić information content (AvgIpc) is 2.58. The van der Waals surface area contributed by atoms with Gasteiger partial charge < -0.3 is 26.2 Å². The second-order valence-corrected chi connectivity index (χ2v) is 6.24. The Labute approximate surface area is 146 Å². The molecule has 2 aromatic rings. The topological polar surface area (TPSA) is 124 Å². The van der Waals surface area contributed by atoms with E-state index in [-0.39, 0.29) is 24.3 Å². The van der Waals surface area contributed by atoms with Crippen molar-refractivity contribution in [1.29, 1.82) is 0 Å². The fourth-order valence-electron chi connectivity index (χ4n) is 2.69. The Hall–Kier alpha value is -2.57. The van der Waals surface area contributed by atoms with E-state index in [0.29, 0.717) is 6.42 Å². The van der Waals surface area contributed by atoms with Crippen LogP contribution in [0.3, 0.4) is 0 Å². The Morgan fingerprint density at radius 1 is 0.880 bits per heavy atom. The molecule has 0 aliphatic carbocycles. The molecule has 6 N–H and O–H groups in total. The first kappa shape index (κ1) is 18.8. The van der Waals surface area contributed by atoms with Crippen molar-refractivity contribution in [2.45, 2.75) is 31.4 Å². The van der Waals surface area contributed by atoms with Gasteiger partial charge in [-0.1, -0.05) is 24.3 Å². The maximum atomic E-state index is 11.5. The minimum Gasteiger partial charge on any atom is -0.508 e. The Balaban J connectivity index is 1.96. The number of phenolic OH excluding ortho intramolecular Hbond substituents is 2. The van der Waals surface area contributed by atoms with Crippen LogP contribution in [0.5, 0.6) is 11.5 Å². The molecule has 25 heavy (non-hydrogen) atoms. The fourth-order valence-corrected chi connectivity index (χ4v) is 2.69. The van der Waals surface area contributed by atoms with Crippen molar-refractivity contribution in [3.63, 3.8) is 0 Å². The van der Waals surface area contributed by atoms with Crippen molar-refractivity contribution in [2.75, 3.05) is 0 Å². The molecule has 6 heteroatoms. The third-order valence-corrected chi connectivity index (χ3v) is 4.20. The first-order chi connectivity index (χ1) is 11.8. The molecule has 134 valence electrons. The van der Waals surface area contributed by atoms with Gasteiger partial charge >= 0.3 is 5.97 Å². The lowest BCUT2D eigenvalue weighted by molar-refractivity contribution is -0.142. The summed E-state index contributed by atoms with van der Waals surface area (Å²) in [6.45, 7) is 0. The normalized spacial score (nSPS) is 14.6. The van der Waals surface area contributed by atoms with Gasteiger partial charge in [-0.2, -0.15) is 0 Å². The molecule has 3 unspecified atom stereocenters. The molecule has 0 aliphatic rings. The monoisotopic (exact) mass is 345 g/mol. The summed E-state index contributed by atoms with van der Waals surface area (Å²) in [6, 6.07) is 12.2. The van der Waals surface area contributed by atoms with E-state index >= 15 is 0 Å². The van der Waals surface area contributed by atoms with Crippen molar-refractivity contribution >= 4 is 5.97 Å². The number of hydrogen-bond acceptors (Lipinski definition) is 5. The van der Waals surface area contributed by atoms with E-state index in [4.69, 9.17) is 5.73 Å². The second-order valence-electron chi connectivity index (χ2n) is 6.24. The summed E-state index contributed by atoms with van der Waals surface area (Å²) in [5.74, 6) is -1.50. The Kier molecular flexibility index (Phi) is 6.38. The van der Waals surface area contributed by atoms with Gasteiger partial charge in [0.15, 0.2) is 0 Å². The number of phenols is 2. The molecule has 0 amide bonds. The van der Waals surface area contributed by atoms with Crippen LogP contribution in [-0.4, -0.2) is 38.5 Å². The molecule has 0 saturated heterocycles. The zero-order valence-electron chi connectivity index (χ0n) is 13.7. The molecule has 3 atom stereocenters. The third kappa shape index (κ3) is 5.77. The van der Waals surface area contributed by atoms with Crippen molar-refractivity contribution in [2.24, 2.45) is 11.7 Å². The molecule has 6 nitrogen and oxygen atoms in total. The minimum absolute atomic E-state index is 0.0372. The van der Waals surface area contributed by atoms with Crippen LogP contribution in [0.15, 0.2) is 48.5 Å². The van der Waals surface area contributed by atoms with E-state index in [1.54, 1.807) is 36.4 Å². The molecular weight excluding hydrogens is 322 g/mol. The molecule has 0 radical (unpaired) electrons. The lowest BCUT2D eigenvalue weighted by atomic mass is 9.90. The molecule has 2 rings (SSSR count). The van der Waals surface area contributed by atoms with E-state index in [2.05, 4.69) is 0 Å². The van der Waals surface area contributed by atoms with E-state index in [0.717, 1.165) is 11.1 Å². The number of aliphatic carboxylic acids is 1. The van der Waals surface area contributed by atoms with Crippen LogP contribution in [0.1, 0.15) is 17.5 Å². The highest BCUT2D eigenvalue weighted by Crippen LogP contribution is 2.20. The van der Waals surface area contributed by atoms with Crippen molar-refractivity contribution < 1.29 is 25.2 Å². The predicted octanol–water partition coefficient (Wildman–Crippen LogP) is 1.66. The summed E-state index contributed by atoms with van der Waals surface area (Å²) in [7, 11) is 0. The average molecular weight is 345 g/mol. The number of benzene rings is 2. The van der Waals surface area contributed by atoms with Crippen LogP contribution in [0.2, 0.25) is 0 Å². The van der Waals surface area contributed by atoms with Gasteiger partial charge in [-0.3, -0.25) is 4.79 Å². The maximum absolute atomic E-state index is 11.5. The lowest BCUT2D eigenvalue weighted by Gasteiger charge is -2.22. The zero-order chi connectivity index (χ0) is 18.4. The molecule has 0 spiro atoms. The molecule has 0 heterocycles. The highest BCUT2D eigenvalue weighted by Gasteiger charge is 2.25. The Morgan fingerprint density at radius 3 is 1.76 bits per heavy atom. The van der Waals surface area contributed by atoms with Crippen LogP contribution in [0.4, 0.5) is 0 Å². The van der Waals surface area contributed by atoms with Gasteiger partial charge in [0.2, 0.25) is 0 Å². The zero-order valence-corrected chi connectivity index (χ0v) is 13.7. The summed E-state index contributed by atoms with van der Waals surface area (Å²) in [4.78, 5) is 11.5. The van der Waals surface area contributed by atoms with E-state index in [9.17, 15) is 25.2 Å². The molecule has 2 aromatic carbocycles. The maximum Gasteiger partial charge on any atom is 0.306 e. The summed E-state index contributed by atoms with van der Waals surface area (Å²) in [5.41, 5.74) is 7.63. The molecule has 0 bridgehead atoms. The summed E-state index contributed by atoms with van der Waals surface area (Å²) >= 11 is 0. The number of aliphatic hydroxyl groups is 1. The van der Waals surface area contributed by atoms with Crippen LogP contribution < -0.4 is 5.73 Å². The van der Waals surface area contributed by atoms with Crippen LogP contribution in [-0.2, 0) is 17.6 Å². The van der Waals surface area contributed by atoms with E-state index in [1.165, 1.54) is 12.1 Å². The van der Waals surface area contributed by atoms with Gasteiger partial charge in [0.05, 0.1) is 12.0 Å². The number of aromatic hydroxyl groups is 2. The summed E-state index contributed by atoms with van der Waals surface area (Å²) in [6.07, 6.45) is -0.298. The summed E-state index contributed by atoms with van der Waals surface area (Å²) in [5, 5.41) is 38.3. The van der Waals surface area contributed by atoms with Crippen molar-refractivity contribution in [3.8, 4) is 11.5 Å². The van der Waals surface area contributed by atoms with Gasteiger partial charge in [-0.25, -0.2) is 0 Å². The van der Waals surface area contributed by atoms with E-state index in [1.807, 2.05) is 0 Å². The Bertz CT molecular complexity index is 684. The Morgan fingerprint density at radius 2 is 1.32 bits per heavy atom. The standard InChI is InChI=1S/C19H23NO5/c20-17(10-13-3-7-16(22)8-4-13)18(23)11-14(19(24)25)9-12-1-5-15(21)6-2-12/h1-8,14,17-18,21-23H,9-11,20H2,(H,24,25). The van der Waals surface area contributed by atoms with Crippen LogP contribution >= 0.6 is 0 Å². The number of nitrogens with two attached hydrogens (primary N) is 1. The van der Waals surface area contributed by atoms with E-state index < -0.39 is 24.0 Å². The molecule has 0 saturated carbocycles. The van der Waals surface area contributed by atoms with Gasteiger partial charge in [0.25, 0.3) is 0 Å². The van der Waals surface area contributed by atoms with Crippen LogP contribution in [0, 0.1) is 5.92 Å². The number of carboxylic acids is 1. The lowest BCUT2D eigenvalue weighted by Crippen LogP contribution is -2.39. The predicted molar refractivity (Wildman–Crippen MR) is 93.3 cm³/mol. The second kappa shape index (κ2) is 8.50. The number of hydrogen-bond donors (Lipinski definition) is 5. The smallest absolute Gasteiger partial charge is 0.306 e. The summed E-state index contributed by atoms with van der Waals surface area (Å²) < 4.78 is 0. The number of carbonyl (C=O) groups is 1. The van der Waals surface area contributed by atoms with Gasteiger partial charge in [0, 0.05) is 6.04 Å². The SMILES string of the molecule is NC(Cc1ccc(O)cc1)C(O)CC(Cc1ccc(O)cc1)C(=O)O. The minimum atomic E-state index is -0.996. The first-order valence-corrected chi connectivity index (χ1v) is 8.07. The molecular formula is C19H23NO5. The highest BCUT2D eigenvalue weighted by molar-refractivity contribution is 5.70. The largest absolute Gasteiger partial charge is 0.508 e. The highest BCUT2D eigenvalue weighted by atomic mass is 16.4. The van der Waals surface area contributed by atoms with Gasteiger partial charge in [-0.15, -0.1) is 0 Å².